The second-order valence-electron chi connectivity index (χ2n) is 6.43. The van der Waals surface area contributed by atoms with Gasteiger partial charge in [0, 0.05) is 31.5 Å². The van der Waals surface area contributed by atoms with E-state index in [9.17, 15) is 4.79 Å². The topological polar surface area (TPSA) is 49.3 Å². The zero-order valence-electron chi connectivity index (χ0n) is 13.0. The first kappa shape index (κ1) is 14.4. The van der Waals surface area contributed by atoms with Crippen LogP contribution in [0, 0.1) is 5.41 Å². The minimum Gasteiger partial charge on any atom is -0.300 e. The molecular weight excluding hydrogens is 264 g/mol. The Kier molecular flexibility index (Phi) is 3.93. The Balaban J connectivity index is 1.68. The van der Waals surface area contributed by atoms with Gasteiger partial charge in [-0.05, 0) is 38.8 Å². The highest BCUT2D eigenvalue weighted by molar-refractivity contribution is 6.03. The van der Waals surface area contributed by atoms with E-state index in [1.54, 1.807) is 23.4 Å². The second-order valence-corrected chi connectivity index (χ2v) is 6.43. The van der Waals surface area contributed by atoms with Crippen LogP contribution in [0.5, 0.6) is 0 Å². The summed E-state index contributed by atoms with van der Waals surface area (Å²) in [5, 5.41) is 0. The van der Waals surface area contributed by atoms with Crippen molar-refractivity contribution in [1.29, 1.82) is 0 Å². The first-order valence-corrected chi connectivity index (χ1v) is 7.99. The van der Waals surface area contributed by atoms with E-state index < -0.39 is 0 Å². The third kappa shape index (κ3) is 2.55. The Morgan fingerprint density at radius 1 is 1.33 bits per heavy atom. The Morgan fingerprint density at radius 3 is 2.76 bits per heavy atom. The zero-order valence-corrected chi connectivity index (χ0v) is 13.0. The van der Waals surface area contributed by atoms with Crippen LogP contribution >= 0.6 is 0 Å². The molecule has 1 amide bonds. The number of carbonyl (C=O) groups excluding carboxylic acids is 1. The van der Waals surface area contributed by atoms with Gasteiger partial charge in [-0.1, -0.05) is 13.3 Å². The lowest BCUT2D eigenvalue weighted by molar-refractivity contribution is -0.140. The second kappa shape index (κ2) is 5.72. The van der Waals surface area contributed by atoms with E-state index in [2.05, 4.69) is 28.7 Å². The van der Waals surface area contributed by atoms with Gasteiger partial charge in [-0.3, -0.25) is 14.6 Å². The normalized spacial score (nSPS) is 27.7. The maximum absolute atomic E-state index is 12.7. The molecule has 5 heteroatoms. The number of carbonyl (C=O) groups is 1. The van der Waals surface area contributed by atoms with Crippen LogP contribution in [0.3, 0.4) is 0 Å². The molecule has 114 valence electrons. The number of amides is 1. The number of anilines is 1. The van der Waals surface area contributed by atoms with Crippen molar-refractivity contribution >= 4 is 11.9 Å². The molecule has 2 atom stereocenters. The number of rotatable bonds is 4. The molecule has 1 aromatic rings. The fourth-order valence-corrected chi connectivity index (χ4v) is 3.68. The first-order valence-electron chi connectivity index (χ1n) is 7.99. The van der Waals surface area contributed by atoms with E-state index in [4.69, 9.17) is 0 Å². The minimum absolute atomic E-state index is 0.181. The molecule has 0 aromatic carbocycles. The van der Waals surface area contributed by atoms with Gasteiger partial charge in [0.25, 0.3) is 0 Å². The van der Waals surface area contributed by atoms with E-state index in [0.29, 0.717) is 12.0 Å². The molecule has 1 aromatic heterocycles. The van der Waals surface area contributed by atoms with Gasteiger partial charge in [0.15, 0.2) is 0 Å². The lowest BCUT2D eigenvalue weighted by atomic mass is 9.72. The van der Waals surface area contributed by atoms with Gasteiger partial charge in [0.2, 0.25) is 11.9 Å². The van der Waals surface area contributed by atoms with Crippen LogP contribution in [0.25, 0.3) is 0 Å². The van der Waals surface area contributed by atoms with Gasteiger partial charge >= 0.3 is 0 Å². The molecule has 1 spiro atoms. The number of aromatic nitrogens is 2. The van der Waals surface area contributed by atoms with Gasteiger partial charge < -0.3 is 0 Å². The van der Waals surface area contributed by atoms with Gasteiger partial charge in [0.1, 0.15) is 0 Å². The van der Waals surface area contributed by atoms with Crippen LogP contribution in [0.15, 0.2) is 18.5 Å². The summed E-state index contributed by atoms with van der Waals surface area (Å²) < 4.78 is 0. The molecule has 3 heterocycles. The van der Waals surface area contributed by atoms with Crippen LogP contribution < -0.4 is 4.90 Å². The molecule has 5 nitrogen and oxygen atoms in total. The van der Waals surface area contributed by atoms with Gasteiger partial charge in [0.05, 0.1) is 5.41 Å². The first-order chi connectivity index (χ1) is 10.2. The van der Waals surface area contributed by atoms with Gasteiger partial charge in [-0.2, -0.15) is 0 Å². The average molecular weight is 288 g/mol. The van der Waals surface area contributed by atoms with Crippen molar-refractivity contribution in [2.45, 2.75) is 45.6 Å². The SMILES string of the molecule is CCC[C@H](C)N1CCC[C@]2(CN(c3ncccn3)C2=O)C1. The molecule has 2 aliphatic heterocycles. The van der Waals surface area contributed by atoms with E-state index in [0.717, 1.165) is 32.5 Å². The predicted octanol–water partition coefficient (Wildman–Crippen LogP) is 2.09. The number of hydrogen-bond acceptors (Lipinski definition) is 4. The number of likely N-dealkylation sites (tertiary alicyclic amines) is 1. The minimum atomic E-state index is -0.181. The molecular formula is C16H24N4O. The molecule has 21 heavy (non-hydrogen) atoms. The van der Waals surface area contributed by atoms with Crippen LogP contribution in [0.1, 0.15) is 39.5 Å². The third-order valence-electron chi connectivity index (χ3n) is 4.89. The summed E-state index contributed by atoms with van der Waals surface area (Å²) in [6, 6.07) is 2.35. The van der Waals surface area contributed by atoms with E-state index in [-0.39, 0.29) is 11.3 Å². The molecule has 2 fully saturated rings. The highest BCUT2D eigenvalue weighted by atomic mass is 16.2. The molecule has 0 saturated carbocycles. The molecule has 0 N–H and O–H groups in total. The maximum atomic E-state index is 12.7. The monoisotopic (exact) mass is 288 g/mol. The van der Waals surface area contributed by atoms with Crippen molar-refractivity contribution in [1.82, 2.24) is 14.9 Å². The summed E-state index contributed by atoms with van der Waals surface area (Å²) in [5.74, 6) is 0.758. The Labute approximate surface area is 126 Å². The molecule has 0 bridgehead atoms. The Hall–Kier alpha value is -1.49. The average Bonchev–Trinajstić information content (AvgIpc) is 2.53. The smallest absolute Gasteiger partial charge is 0.238 e. The van der Waals surface area contributed by atoms with Crippen molar-refractivity contribution < 1.29 is 4.79 Å². The maximum Gasteiger partial charge on any atom is 0.238 e. The standard InChI is InChI=1S/C16H24N4O/c1-3-6-13(2)19-10-4-7-16(11-19)12-20(14(16)21)15-17-8-5-9-18-15/h5,8-9,13H,3-4,6-7,10-12H2,1-2H3/t13-,16+/m0/s1. The van der Waals surface area contributed by atoms with Crippen LogP contribution in [-0.2, 0) is 4.79 Å². The van der Waals surface area contributed by atoms with Crippen LogP contribution in [0.4, 0.5) is 5.95 Å². The summed E-state index contributed by atoms with van der Waals surface area (Å²) in [5.41, 5.74) is -0.181. The Morgan fingerprint density at radius 2 is 2.10 bits per heavy atom. The van der Waals surface area contributed by atoms with Crippen molar-refractivity contribution in [2.75, 3.05) is 24.5 Å². The number of hydrogen-bond donors (Lipinski definition) is 0. The summed E-state index contributed by atoms with van der Waals surface area (Å²) in [7, 11) is 0. The highest BCUT2D eigenvalue weighted by Gasteiger charge is 2.55. The molecule has 0 radical (unpaired) electrons. The van der Waals surface area contributed by atoms with Crippen molar-refractivity contribution in [3.8, 4) is 0 Å². The summed E-state index contributed by atoms with van der Waals surface area (Å²) in [6.45, 7) is 7.29. The number of β-lactam (4-membered cyclic amide) rings is 1. The predicted molar refractivity (Wildman–Crippen MR) is 82.0 cm³/mol. The van der Waals surface area contributed by atoms with Gasteiger partial charge in [-0.25, -0.2) is 9.97 Å². The Bertz CT molecular complexity index is 506. The van der Waals surface area contributed by atoms with Crippen molar-refractivity contribution in [2.24, 2.45) is 5.41 Å². The number of piperidine rings is 1. The quantitative estimate of drug-likeness (QED) is 0.796. The molecule has 2 saturated heterocycles. The fourth-order valence-electron chi connectivity index (χ4n) is 3.68. The molecule has 2 aliphatic rings. The van der Waals surface area contributed by atoms with Crippen molar-refractivity contribution in [3.63, 3.8) is 0 Å². The van der Waals surface area contributed by atoms with E-state index in [1.165, 1.54) is 12.8 Å². The fraction of sp³-hybridized carbons (Fsp3) is 0.688. The number of nitrogens with zero attached hydrogens (tertiary/aromatic N) is 4. The summed E-state index contributed by atoms with van der Waals surface area (Å²) in [6.07, 6.45) is 7.90. The van der Waals surface area contributed by atoms with Gasteiger partial charge in [-0.15, -0.1) is 0 Å². The zero-order chi connectivity index (χ0) is 14.9. The molecule has 0 unspecified atom stereocenters. The summed E-state index contributed by atoms with van der Waals surface area (Å²) >= 11 is 0. The molecule has 3 rings (SSSR count). The summed E-state index contributed by atoms with van der Waals surface area (Å²) in [4.78, 5) is 25.3. The van der Waals surface area contributed by atoms with Crippen molar-refractivity contribution in [3.05, 3.63) is 18.5 Å². The van der Waals surface area contributed by atoms with E-state index >= 15 is 0 Å². The lowest BCUT2D eigenvalue weighted by Crippen LogP contribution is -2.68. The largest absolute Gasteiger partial charge is 0.300 e. The lowest BCUT2D eigenvalue weighted by Gasteiger charge is -2.53. The van der Waals surface area contributed by atoms with Crippen LogP contribution in [-0.4, -0.2) is 46.5 Å². The van der Waals surface area contributed by atoms with Crippen LogP contribution in [0.2, 0.25) is 0 Å². The molecule has 0 aliphatic carbocycles. The highest BCUT2D eigenvalue weighted by Crippen LogP contribution is 2.42. The van der Waals surface area contributed by atoms with E-state index in [1.807, 2.05) is 0 Å². The third-order valence-corrected chi connectivity index (χ3v) is 4.89.